The van der Waals surface area contributed by atoms with Crippen molar-refractivity contribution in [2.24, 2.45) is 0 Å². The summed E-state index contributed by atoms with van der Waals surface area (Å²) in [7, 11) is 0. The number of rotatable bonds is 5. The second-order valence-electron chi connectivity index (χ2n) is 5.69. The van der Waals surface area contributed by atoms with Crippen LogP contribution < -0.4 is 5.32 Å². The molecule has 1 N–H and O–H groups in total. The first-order valence-electron chi connectivity index (χ1n) is 7.57. The zero-order valence-electron chi connectivity index (χ0n) is 13.5. The molecular weight excluding hydrogens is 326 g/mol. The van der Waals surface area contributed by atoms with Gasteiger partial charge in [-0.1, -0.05) is 23.7 Å². The molecule has 24 heavy (non-hydrogen) atoms. The summed E-state index contributed by atoms with van der Waals surface area (Å²) in [5.74, 6) is -0.132. The highest BCUT2D eigenvalue weighted by Crippen LogP contribution is 2.12. The van der Waals surface area contributed by atoms with Crippen molar-refractivity contribution in [1.82, 2.24) is 19.6 Å². The van der Waals surface area contributed by atoms with E-state index in [0.29, 0.717) is 17.3 Å². The van der Waals surface area contributed by atoms with E-state index in [9.17, 15) is 4.79 Å². The number of anilines is 1. The van der Waals surface area contributed by atoms with Gasteiger partial charge in [0, 0.05) is 16.9 Å². The smallest absolute Gasteiger partial charge is 0.246 e. The Balaban J connectivity index is 1.60. The SMILES string of the molecule is Cc1cc(C)n(CC(=O)Nc2cnn(Cc3ccc(Cl)cc3)c2)n1. The molecule has 0 atom stereocenters. The number of carbonyl (C=O) groups is 1. The van der Waals surface area contributed by atoms with Crippen molar-refractivity contribution in [1.29, 1.82) is 0 Å². The lowest BCUT2D eigenvalue weighted by atomic mass is 10.2. The highest BCUT2D eigenvalue weighted by atomic mass is 35.5. The third-order valence-electron chi connectivity index (χ3n) is 3.57. The monoisotopic (exact) mass is 343 g/mol. The van der Waals surface area contributed by atoms with Crippen LogP contribution in [-0.2, 0) is 17.9 Å². The molecule has 2 aromatic heterocycles. The van der Waals surface area contributed by atoms with Gasteiger partial charge in [-0.25, -0.2) is 0 Å². The van der Waals surface area contributed by atoms with Gasteiger partial charge in [-0.15, -0.1) is 0 Å². The molecule has 0 saturated carbocycles. The Morgan fingerprint density at radius 2 is 2.00 bits per heavy atom. The summed E-state index contributed by atoms with van der Waals surface area (Å²) in [4.78, 5) is 12.1. The predicted molar refractivity (Wildman–Crippen MR) is 93.1 cm³/mol. The molecule has 0 aliphatic rings. The first kappa shape index (κ1) is 16.3. The number of nitrogens with one attached hydrogen (secondary N) is 1. The summed E-state index contributed by atoms with van der Waals surface area (Å²) in [6.07, 6.45) is 3.43. The van der Waals surface area contributed by atoms with Gasteiger partial charge in [0.05, 0.1) is 24.1 Å². The van der Waals surface area contributed by atoms with Crippen LogP contribution in [0.15, 0.2) is 42.7 Å². The molecule has 124 valence electrons. The fourth-order valence-corrected chi connectivity index (χ4v) is 2.59. The van der Waals surface area contributed by atoms with Crippen molar-refractivity contribution < 1.29 is 4.79 Å². The van der Waals surface area contributed by atoms with Gasteiger partial charge in [0.15, 0.2) is 0 Å². The quantitative estimate of drug-likeness (QED) is 0.774. The second kappa shape index (κ2) is 6.88. The van der Waals surface area contributed by atoms with E-state index in [2.05, 4.69) is 15.5 Å². The number of aromatic nitrogens is 4. The van der Waals surface area contributed by atoms with Gasteiger partial charge >= 0.3 is 0 Å². The molecule has 6 nitrogen and oxygen atoms in total. The first-order chi connectivity index (χ1) is 11.5. The Morgan fingerprint density at radius 3 is 2.67 bits per heavy atom. The summed E-state index contributed by atoms with van der Waals surface area (Å²) in [5.41, 5.74) is 3.61. The zero-order valence-corrected chi connectivity index (χ0v) is 14.3. The van der Waals surface area contributed by atoms with Crippen LogP contribution in [0.1, 0.15) is 17.0 Å². The van der Waals surface area contributed by atoms with Gasteiger partial charge in [0.1, 0.15) is 6.54 Å². The lowest BCUT2D eigenvalue weighted by molar-refractivity contribution is -0.116. The van der Waals surface area contributed by atoms with Gasteiger partial charge < -0.3 is 5.32 Å². The molecule has 0 aliphatic heterocycles. The summed E-state index contributed by atoms with van der Waals surface area (Å²) in [5, 5.41) is 12.1. The minimum Gasteiger partial charge on any atom is -0.322 e. The van der Waals surface area contributed by atoms with Crippen LogP contribution in [0.4, 0.5) is 5.69 Å². The Kier molecular flexibility index (Phi) is 4.66. The van der Waals surface area contributed by atoms with Crippen LogP contribution in [-0.4, -0.2) is 25.5 Å². The van der Waals surface area contributed by atoms with E-state index in [1.54, 1.807) is 21.8 Å². The van der Waals surface area contributed by atoms with Crippen LogP contribution in [0.2, 0.25) is 5.02 Å². The molecule has 7 heteroatoms. The molecule has 1 aromatic carbocycles. The number of carbonyl (C=O) groups excluding carboxylic acids is 1. The maximum absolute atomic E-state index is 12.1. The molecule has 0 bridgehead atoms. The number of halogens is 1. The highest BCUT2D eigenvalue weighted by molar-refractivity contribution is 6.30. The molecule has 1 amide bonds. The Bertz CT molecular complexity index is 850. The average Bonchev–Trinajstić information content (AvgIpc) is 3.08. The lowest BCUT2D eigenvalue weighted by Crippen LogP contribution is -2.20. The Morgan fingerprint density at radius 1 is 1.25 bits per heavy atom. The summed E-state index contributed by atoms with van der Waals surface area (Å²) < 4.78 is 3.45. The van der Waals surface area contributed by atoms with Gasteiger partial charge in [-0.3, -0.25) is 14.2 Å². The van der Waals surface area contributed by atoms with Crippen LogP contribution >= 0.6 is 11.6 Å². The lowest BCUT2D eigenvalue weighted by Gasteiger charge is -2.05. The van der Waals surface area contributed by atoms with E-state index in [1.807, 2.05) is 44.2 Å². The molecule has 0 radical (unpaired) electrons. The number of hydrogen-bond acceptors (Lipinski definition) is 3. The third-order valence-corrected chi connectivity index (χ3v) is 3.82. The standard InChI is InChI=1S/C17H18ClN5O/c1-12-7-13(2)23(21-12)11-17(24)20-16-8-19-22(10-16)9-14-3-5-15(18)6-4-14/h3-8,10H,9,11H2,1-2H3,(H,20,24). The predicted octanol–water partition coefficient (Wildman–Crippen LogP) is 3.04. The van der Waals surface area contributed by atoms with Crippen molar-refractivity contribution in [2.45, 2.75) is 26.9 Å². The number of nitrogens with zero attached hydrogens (tertiary/aromatic N) is 4. The van der Waals surface area contributed by atoms with Crippen molar-refractivity contribution >= 4 is 23.2 Å². The van der Waals surface area contributed by atoms with E-state index in [1.165, 1.54) is 0 Å². The van der Waals surface area contributed by atoms with Gasteiger partial charge in [-0.05, 0) is 37.6 Å². The molecule has 0 spiro atoms. The largest absolute Gasteiger partial charge is 0.322 e. The molecule has 3 rings (SSSR count). The fraction of sp³-hybridized carbons (Fsp3) is 0.235. The van der Waals surface area contributed by atoms with Crippen LogP contribution in [0.3, 0.4) is 0 Å². The molecule has 2 heterocycles. The molecule has 3 aromatic rings. The molecule has 0 saturated heterocycles. The van der Waals surface area contributed by atoms with E-state index in [0.717, 1.165) is 17.0 Å². The first-order valence-corrected chi connectivity index (χ1v) is 7.95. The zero-order chi connectivity index (χ0) is 17.1. The van der Waals surface area contributed by atoms with Gasteiger partial charge in [0.25, 0.3) is 0 Å². The Labute approximate surface area is 145 Å². The maximum atomic E-state index is 12.1. The van der Waals surface area contributed by atoms with Gasteiger partial charge in [-0.2, -0.15) is 10.2 Å². The van der Waals surface area contributed by atoms with E-state index >= 15 is 0 Å². The third kappa shape index (κ3) is 4.02. The van der Waals surface area contributed by atoms with Crippen molar-refractivity contribution in [2.75, 3.05) is 5.32 Å². The number of amides is 1. The van der Waals surface area contributed by atoms with Crippen LogP contribution in [0.5, 0.6) is 0 Å². The van der Waals surface area contributed by atoms with Crippen LogP contribution in [0, 0.1) is 13.8 Å². The molecule has 0 unspecified atom stereocenters. The number of hydrogen-bond donors (Lipinski definition) is 1. The maximum Gasteiger partial charge on any atom is 0.246 e. The number of benzene rings is 1. The van der Waals surface area contributed by atoms with E-state index in [4.69, 9.17) is 11.6 Å². The summed E-state index contributed by atoms with van der Waals surface area (Å²) in [6.45, 7) is 4.63. The normalized spacial score (nSPS) is 10.8. The van der Waals surface area contributed by atoms with Crippen LogP contribution in [0.25, 0.3) is 0 Å². The average molecular weight is 344 g/mol. The minimum absolute atomic E-state index is 0.132. The second-order valence-corrected chi connectivity index (χ2v) is 6.12. The molecule has 0 aliphatic carbocycles. The topological polar surface area (TPSA) is 64.7 Å². The van der Waals surface area contributed by atoms with E-state index in [-0.39, 0.29) is 12.5 Å². The van der Waals surface area contributed by atoms with Gasteiger partial charge in [0.2, 0.25) is 5.91 Å². The van der Waals surface area contributed by atoms with Crippen molar-refractivity contribution in [3.8, 4) is 0 Å². The Hall–Kier alpha value is -2.60. The minimum atomic E-state index is -0.132. The molecular formula is C17H18ClN5O. The van der Waals surface area contributed by atoms with Crippen molar-refractivity contribution in [3.63, 3.8) is 0 Å². The highest BCUT2D eigenvalue weighted by Gasteiger charge is 2.09. The fourth-order valence-electron chi connectivity index (χ4n) is 2.46. The van der Waals surface area contributed by atoms with Crippen molar-refractivity contribution in [3.05, 3.63) is 64.7 Å². The number of aryl methyl sites for hydroxylation is 2. The summed E-state index contributed by atoms with van der Waals surface area (Å²) >= 11 is 5.88. The van der Waals surface area contributed by atoms with E-state index < -0.39 is 0 Å². The summed E-state index contributed by atoms with van der Waals surface area (Å²) in [6, 6.07) is 9.53. The molecule has 0 fully saturated rings.